The molecule has 2 aliphatic heterocycles. The average Bonchev–Trinajstić information content (AvgIpc) is 2.72. The van der Waals surface area contributed by atoms with E-state index in [0.717, 1.165) is 24.2 Å². The zero-order valence-corrected chi connectivity index (χ0v) is 17.1. The second-order valence-electron chi connectivity index (χ2n) is 8.09. The molecule has 3 rings (SSSR count). The largest absolute Gasteiger partial charge is 0.480 e. The highest BCUT2D eigenvalue weighted by Gasteiger charge is 2.55. The number of nitrogens with zero attached hydrogens (tertiary/aromatic N) is 2. The summed E-state index contributed by atoms with van der Waals surface area (Å²) in [5, 5.41) is 12.4. The molecule has 2 heterocycles. The van der Waals surface area contributed by atoms with Gasteiger partial charge in [-0.15, -0.1) is 0 Å². The van der Waals surface area contributed by atoms with Gasteiger partial charge in [0.25, 0.3) is 0 Å². The Bertz CT molecular complexity index is 790. The van der Waals surface area contributed by atoms with E-state index >= 15 is 0 Å². The molecule has 0 radical (unpaired) electrons. The minimum Gasteiger partial charge on any atom is -0.480 e. The van der Waals surface area contributed by atoms with Gasteiger partial charge in [0.05, 0.1) is 11.7 Å². The van der Waals surface area contributed by atoms with Crippen molar-refractivity contribution in [1.82, 2.24) is 15.1 Å². The number of benzene rings is 1. The summed E-state index contributed by atoms with van der Waals surface area (Å²) < 4.78 is 0. The Morgan fingerprint density at radius 2 is 1.87 bits per heavy atom. The highest BCUT2D eigenvalue weighted by atomic mass is 16.4. The summed E-state index contributed by atoms with van der Waals surface area (Å²) in [4.78, 5) is 39.7. The SMILES string of the molecule is C=C(N)NCCC[C@H]1C(=O)N(C(=O)N2CCC(Cc3ccccc3)CC2)C1C(=O)O. The maximum absolute atomic E-state index is 12.9. The molecule has 0 aliphatic carbocycles. The Labute approximate surface area is 176 Å². The van der Waals surface area contributed by atoms with Crippen LogP contribution in [0.2, 0.25) is 0 Å². The number of rotatable bonds is 8. The van der Waals surface area contributed by atoms with Crippen LogP contribution in [0, 0.1) is 11.8 Å². The number of hydrogen-bond acceptors (Lipinski definition) is 5. The van der Waals surface area contributed by atoms with Gasteiger partial charge in [0.1, 0.15) is 0 Å². The first-order chi connectivity index (χ1) is 14.4. The number of likely N-dealkylation sites (tertiary alicyclic amines) is 2. The van der Waals surface area contributed by atoms with Crippen molar-refractivity contribution in [2.24, 2.45) is 17.6 Å². The number of carbonyl (C=O) groups excluding carboxylic acids is 2. The van der Waals surface area contributed by atoms with Gasteiger partial charge in [-0.3, -0.25) is 4.79 Å². The summed E-state index contributed by atoms with van der Waals surface area (Å²) in [6.07, 6.45) is 3.62. The van der Waals surface area contributed by atoms with Gasteiger partial charge < -0.3 is 21.1 Å². The van der Waals surface area contributed by atoms with E-state index in [2.05, 4.69) is 24.0 Å². The molecule has 3 amide bonds. The second kappa shape index (κ2) is 9.65. The van der Waals surface area contributed by atoms with Crippen molar-refractivity contribution in [1.29, 1.82) is 0 Å². The molecule has 1 unspecified atom stereocenters. The monoisotopic (exact) mass is 414 g/mol. The minimum absolute atomic E-state index is 0.331. The van der Waals surface area contributed by atoms with Crippen molar-refractivity contribution < 1.29 is 19.5 Å². The van der Waals surface area contributed by atoms with Gasteiger partial charge in [-0.05, 0) is 43.6 Å². The Morgan fingerprint density at radius 1 is 1.20 bits per heavy atom. The highest BCUT2D eigenvalue weighted by Crippen LogP contribution is 2.33. The molecule has 2 saturated heterocycles. The van der Waals surface area contributed by atoms with Gasteiger partial charge >= 0.3 is 12.0 Å². The van der Waals surface area contributed by atoms with E-state index < -0.39 is 29.9 Å². The van der Waals surface area contributed by atoms with Crippen LogP contribution in [0.4, 0.5) is 4.79 Å². The maximum Gasteiger partial charge on any atom is 0.327 e. The van der Waals surface area contributed by atoms with Crippen molar-refractivity contribution in [2.75, 3.05) is 19.6 Å². The van der Waals surface area contributed by atoms with Crippen LogP contribution >= 0.6 is 0 Å². The van der Waals surface area contributed by atoms with Crippen molar-refractivity contribution in [2.45, 2.75) is 38.1 Å². The first-order valence-corrected chi connectivity index (χ1v) is 10.5. The molecule has 8 heteroatoms. The number of urea groups is 1. The van der Waals surface area contributed by atoms with Crippen molar-refractivity contribution in [3.63, 3.8) is 0 Å². The molecule has 0 spiro atoms. The van der Waals surface area contributed by atoms with Gasteiger partial charge in [-0.2, -0.15) is 0 Å². The highest BCUT2D eigenvalue weighted by molar-refractivity contribution is 6.07. The first kappa shape index (κ1) is 21.7. The number of carboxylic acids is 1. The molecular formula is C22H30N4O4. The third-order valence-electron chi connectivity index (χ3n) is 5.97. The van der Waals surface area contributed by atoms with Crippen LogP contribution in [0.15, 0.2) is 42.7 Å². The molecule has 1 aromatic carbocycles. The standard InChI is InChI=1S/C22H30N4O4/c1-15(23)24-11-5-8-18-19(21(28)29)26(20(18)27)22(30)25-12-9-17(10-13-25)14-16-6-3-2-4-7-16/h2-4,6-7,17-19,24H,1,5,8-14,23H2,(H,28,29)/t18-,19?/m1/s1. The molecule has 30 heavy (non-hydrogen) atoms. The van der Waals surface area contributed by atoms with Gasteiger partial charge in [-0.1, -0.05) is 36.9 Å². The quantitative estimate of drug-likeness (QED) is 0.441. The van der Waals surface area contributed by atoms with E-state index in [1.165, 1.54) is 5.56 Å². The second-order valence-corrected chi connectivity index (χ2v) is 8.09. The number of amides is 3. The number of aliphatic carboxylic acids is 1. The maximum atomic E-state index is 12.9. The molecule has 1 aromatic rings. The van der Waals surface area contributed by atoms with Crippen molar-refractivity contribution in [3.05, 3.63) is 48.3 Å². The summed E-state index contributed by atoms with van der Waals surface area (Å²) >= 11 is 0. The molecule has 2 fully saturated rings. The number of nitrogens with two attached hydrogens (primary N) is 1. The Hall–Kier alpha value is -3.03. The van der Waals surface area contributed by atoms with Crippen molar-refractivity contribution in [3.8, 4) is 0 Å². The van der Waals surface area contributed by atoms with Crippen LogP contribution in [-0.4, -0.2) is 58.5 Å². The van der Waals surface area contributed by atoms with E-state index in [9.17, 15) is 19.5 Å². The molecule has 4 N–H and O–H groups in total. The normalized spacial score (nSPS) is 21.8. The molecule has 0 aromatic heterocycles. The van der Waals surface area contributed by atoms with Crippen LogP contribution in [0.5, 0.6) is 0 Å². The van der Waals surface area contributed by atoms with Crippen LogP contribution in [-0.2, 0) is 16.0 Å². The number of carbonyl (C=O) groups is 3. The van der Waals surface area contributed by atoms with Crippen LogP contribution in [0.25, 0.3) is 0 Å². The summed E-state index contributed by atoms with van der Waals surface area (Å²) in [6, 6.07) is 8.68. The third kappa shape index (κ3) is 4.93. The summed E-state index contributed by atoms with van der Waals surface area (Å²) in [6.45, 7) is 5.12. The van der Waals surface area contributed by atoms with Gasteiger partial charge in [-0.25, -0.2) is 14.5 Å². The fourth-order valence-corrected chi connectivity index (χ4v) is 4.32. The number of imide groups is 1. The van der Waals surface area contributed by atoms with E-state index in [-0.39, 0.29) is 0 Å². The van der Waals surface area contributed by atoms with Crippen LogP contribution in [0.1, 0.15) is 31.2 Å². The predicted octanol–water partition coefficient (Wildman–Crippen LogP) is 1.77. The van der Waals surface area contributed by atoms with E-state index in [4.69, 9.17) is 5.73 Å². The zero-order chi connectivity index (χ0) is 21.7. The first-order valence-electron chi connectivity index (χ1n) is 10.5. The number of hydrogen-bond donors (Lipinski definition) is 3. The lowest BCUT2D eigenvalue weighted by Gasteiger charge is -2.46. The van der Waals surface area contributed by atoms with E-state index in [0.29, 0.717) is 44.2 Å². The number of carboxylic acid groups (broad SMARTS) is 1. The molecule has 162 valence electrons. The molecule has 0 saturated carbocycles. The molecule has 0 bridgehead atoms. The van der Waals surface area contributed by atoms with Crippen molar-refractivity contribution >= 4 is 17.9 Å². The van der Waals surface area contributed by atoms with E-state index in [1.807, 2.05) is 18.2 Å². The van der Waals surface area contributed by atoms with Gasteiger partial charge in [0, 0.05) is 19.6 Å². The third-order valence-corrected chi connectivity index (χ3v) is 5.97. The molecule has 2 aliphatic rings. The summed E-state index contributed by atoms with van der Waals surface area (Å²) in [7, 11) is 0. The minimum atomic E-state index is -1.14. The smallest absolute Gasteiger partial charge is 0.327 e. The Kier molecular flexibility index (Phi) is 6.97. The molecule has 2 atom stereocenters. The lowest BCUT2D eigenvalue weighted by Crippen LogP contribution is -2.68. The zero-order valence-electron chi connectivity index (χ0n) is 17.1. The summed E-state index contributed by atoms with van der Waals surface area (Å²) in [5.74, 6) is -1.39. The van der Waals surface area contributed by atoms with Crippen LogP contribution < -0.4 is 11.1 Å². The fourth-order valence-electron chi connectivity index (χ4n) is 4.32. The van der Waals surface area contributed by atoms with Gasteiger partial charge in [0.2, 0.25) is 5.91 Å². The lowest BCUT2D eigenvalue weighted by molar-refractivity contribution is -0.167. The fraction of sp³-hybridized carbons (Fsp3) is 0.500. The summed E-state index contributed by atoms with van der Waals surface area (Å²) in [5.41, 5.74) is 6.71. The van der Waals surface area contributed by atoms with Crippen LogP contribution in [0.3, 0.4) is 0 Å². The number of piperidine rings is 1. The molecular weight excluding hydrogens is 384 g/mol. The number of β-lactam (4-membered cyclic amide) rings is 1. The van der Waals surface area contributed by atoms with Gasteiger partial charge in [0.15, 0.2) is 6.04 Å². The average molecular weight is 415 g/mol. The predicted molar refractivity (Wildman–Crippen MR) is 112 cm³/mol. The molecule has 8 nitrogen and oxygen atoms in total. The number of nitrogens with one attached hydrogen (secondary N) is 1. The van der Waals surface area contributed by atoms with E-state index in [1.54, 1.807) is 4.90 Å². The Morgan fingerprint density at radius 3 is 2.47 bits per heavy atom. The topological polar surface area (TPSA) is 116 Å². The Balaban J connectivity index is 1.51. The lowest BCUT2D eigenvalue weighted by atomic mass is 9.83.